The van der Waals surface area contributed by atoms with Gasteiger partial charge in [0, 0.05) is 47.2 Å². The van der Waals surface area contributed by atoms with E-state index >= 15 is 0 Å². The van der Waals surface area contributed by atoms with Crippen LogP contribution in [0.3, 0.4) is 0 Å². The van der Waals surface area contributed by atoms with Gasteiger partial charge in [-0.25, -0.2) is 0 Å². The number of aliphatic hydroxyl groups excluding tert-OH is 13. The zero-order chi connectivity index (χ0) is 76.9. The molecule has 0 aromatic heterocycles. The third-order valence-corrected chi connectivity index (χ3v) is 18.5. The van der Waals surface area contributed by atoms with Crippen molar-refractivity contribution in [2.45, 2.75) is 282 Å². The molecule has 0 bridgehead atoms. The van der Waals surface area contributed by atoms with Gasteiger partial charge in [0.1, 0.15) is 158 Å². The Labute approximate surface area is 687 Å². The average molecular weight is 1580 g/mol. The molecule has 6 heterocycles. The molecule has 108 heavy (non-hydrogen) atoms. The second-order valence-corrected chi connectivity index (χ2v) is 26.2. The minimum absolute atomic E-state index is 0. The molecule has 16 N–H and O–H groups in total. The van der Waals surface area contributed by atoms with Crippen molar-refractivity contribution >= 4 is 35.6 Å². The molecule has 600 valence electrons. The molecule has 3 amide bonds. The van der Waals surface area contributed by atoms with Gasteiger partial charge in [0.15, 0.2) is 31.5 Å². The van der Waals surface area contributed by atoms with Crippen molar-refractivity contribution < 1.29 is 270 Å². The average Bonchev–Trinajstić information content (AvgIpc) is 0.783. The number of carbonyl (C=O) groups excluding carboxylic acids is 6. The molecule has 1 aromatic rings. The molecular formula is C65H100N3Na3O37. The molecule has 7 rings (SSSR count). The van der Waals surface area contributed by atoms with Crippen molar-refractivity contribution in [1.82, 2.24) is 16.0 Å². The van der Waals surface area contributed by atoms with Crippen LogP contribution in [-0.2, 0) is 90.3 Å². The predicted molar refractivity (Wildman–Crippen MR) is 336 cm³/mol. The van der Waals surface area contributed by atoms with Crippen molar-refractivity contribution in [2.75, 3.05) is 53.4 Å². The summed E-state index contributed by atoms with van der Waals surface area (Å²) in [6.07, 6.45) is -41.8. The van der Waals surface area contributed by atoms with Crippen molar-refractivity contribution in [3.63, 3.8) is 0 Å². The predicted octanol–water partition coefficient (Wildman–Crippen LogP) is -19.6. The van der Waals surface area contributed by atoms with Crippen LogP contribution in [0, 0.1) is 0 Å². The summed E-state index contributed by atoms with van der Waals surface area (Å²) in [6.45, 7) is 0.648. The van der Waals surface area contributed by atoms with Crippen LogP contribution in [0.1, 0.15) is 97.8 Å². The number of carbonyl (C=O) groups is 6. The number of aliphatic hydroxyl groups is 13. The summed E-state index contributed by atoms with van der Waals surface area (Å²) in [6, 6.07) is 1.61. The Bertz CT molecular complexity index is 2860. The summed E-state index contributed by atoms with van der Waals surface area (Å²) in [4.78, 5) is 74.2. The molecule has 0 spiro atoms. The number of carboxylic acids is 3. The second-order valence-electron chi connectivity index (χ2n) is 26.2. The first-order valence-corrected chi connectivity index (χ1v) is 34.8. The van der Waals surface area contributed by atoms with Gasteiger partial charge < -0.3 is 183 Å². The van der Waals surface area contributed by atoms with Crippen LogP contribution < -0.4 is 129 Å². The Hall–Kier alpha value is -2.40. The number of carboxylic acid groups (broad SMARTS) is 3. The number of hydrogen-bond acceptors (Lipinski definition) is 37. The van der Waals surface area contributed by atoms with Crippen molar-refractivity contribution in [3.8, 4) is 11.5 Å². The number of rotatable bonds is 40. The topological polar surface area (TPSA) is 609 Å². The third kappa shape index (κ3) is 26.8. The van der Waals surface area contributed by atoms with Crippen LogP contribution >= 0.6 is 0 Å². The second kappa shape index (κ2) is 48.2. The standard InChI is InChI=1S/C65H103N3O37.3Na/c1-28(72)66-36-42(78)39(75)33(25-69)97-60(36)100-51-43(79)46(82)63(103-54(51)57(85)86)94-23-15-11-7-5-9-13-21-92-49-37(67-29(2)73)61(98-34(26-70)40(49)76)101-52-44(80)47(83)64(104-55(52)58(87)88)95-24-16-12-8-6-10-14-22-93-50-38(68-30(3)74)62(99-35(27-71)41(50)77)102-53-45(81)48(84)65(105-56(53)59(89)90)96-32-19-17-31(91-4)18-20-32;;;/h17-20,33-56,60-65,69-71,75-84H,5-16,21-27H2,1-4H3,(H,66,72)(H,67,73)(H,68,74)(H,85,86)(H,87,88)(H,89,90);;;/q;3*+1/p-3/t33-,34-,35-,36-,37-,38-,39+,40+,41+,42-,43-,44-,45-,46-,47-,48-,49-,50-,51+,52+,53+,54+,55+,56+,60+,61+,62+,63-,64-,65-;;;/m1.../s1. The summed E-state index contributed by atoms with van der Waals surface area (Å²) in [5, 5.41) is 185. The van der Waals surface area contributed by atoms with Crippen LogP contribution in [0.2, 0.25) is 0 Å². The Morgan fingerprint density at radius 3 is 0.963 bits per heavy atom. The van der Waals surface area contributed by atoms with Gasteiger partial charge >= 0.3 is 88.7 Å². The number of ether oxygens (including phenoxy) is 15. The van der Waals surface area contributed by atoms with E-state index in [9.17, 15) is 110 Å². The van der Waals surface area contributed by atoms with E-state index in [-0.39, 0.29) is 121 Å². The molecule has 30 atom stereocenters. The molecule has 1 aromatic carbocycles. The van der Waals surface area contributed by atoms with Crippen LogP contribution in [-0.4, -0.2) is 339 Å². The Kier molecular flexibility index (Phi) is 43.7. The fraction of sp³-hybridized carbons (Fsp3) is 0.815. The smallest absolute Gasteiger partial charge is 0.547 e. The molecular weight excluding hydrogens is 1480 g/mol. The van der Waals surface area contributed by atoms with Crippen molar-refractivity contribution in [3.05, 3.63) is 24.3 Å². The summed E-state index contributed by atoms with van der Waals surface area (Å²) < 4.78 is 85.1. The number of nitrogens with one attached hydrogen (secondary N) is 3. The van der Waals surface area contributed by atoms with Gasteiger partial charge in [-0.1, -0.05) is 51.4 Å². The summed E-state index contributed by atoms with van der Waals surface area (Å²) in [5.41, 5.74) is 0. The molecule has 0 saturated carbocycles. The minimum atomic E-state index is -2.12. The largest absolute Gasteiger partial charge is 1.00 e. The molecule has 6 saturated heterocycles. The van der Waals surface area contributed by atoms with Gasteiger partial charge in [-0.15, -0.1) is 0 Å². The van der Waals surface area contributed by atoms with Crippen molar-refractivity contribution in [1.29, 1.82) is 0 Å². The Morgan fingerprint density at radius 1 is 0.352 bits per heavy atom. The first kappa shape index (κ1) is 98.0. The SMILES string of the molecule is COc1ccc(O[C@@H]2O[C@H](C(=O)[O-])[C@@H](O[C@@H]3O[C@H](CO)[C@H](O)[C@H](OCCCCCCCCO[C@@H]4O[C@H](C(=O)[O-])[C@@H](O[C@@H]5O[C@H](CO)[C@H](O)[C@H](OCCCCCCCCO[C@@H]6O[C@H](C(=O)[O-])[C@@H](O[C@@H]7O[C@H](CO)[C@H](O)[C@H](O)[C@H]7NC(C)=O)[C@H](O)[C@H]6O)[C@H]5NC(C)=O)[C@H](O)[C@H]4O)[C@H]3NC(C)=O)[C@H](O)[C@H]2O)cc1.[Na+].[Na+].[Na+]. The fourth-order valence-electron chi connectivity index (χ4n) is 13.0. The van der Waals surface area contributed by atoms with E-state index in [1.807, 2.05) is 0 Å². The van der Waals surface area contributed by atoms with Gasteiger partial charge in [0.2, 0.25) is 24.0 Å². The normalized spacial score (nSPS) is 36.9. The maximum Gasteiger partial charge on any atom is 1.00 e. The van der Waals surface area contributed by atoms with E-state index in [1.54, 1.807) is 0 Å². The van der Waals surface area contributed by atoms with E-state index in [2.05, 4.69) is 16.0 Å². The van der Waals surface area contributed by atoms with Crippen LogP contribution in [0.15, 0.2) is 24.3 Å². The molecule has 43 heteroatoms. The molecule has 0 aliphatic carbocycles. The molecule has 0 unspecified atom stereocenters. The number of aliphatic carboxylic acids is 3. The fourth-order valence-corrected chi connectivity index (χ4v) is 13.0. The van der Waals surface area contributed by atoms with E-state index in [0.29, 0.717) is 82.8 Å². The number of hydrogen-bond donors (Lipinski definition) is 16. The first-order chi connectivity index (χ1) is 50.0. The van der Waals surface area contributed by atoms with E-state index in [1.165, 1.54) is 31.4 Å². The van der Waals surface area contributed by atoms with Crippen LogP contribution in [0.25, 0.3) is 0 Å². The summed E-state index contributed by atoms with van der Waals surface area (Å²) in [5.74, 6) is -7.14. The van der Waals surface area contributed by atoms with E-state index < -0.39 is 239 Å². The quantitative estimate of drug-likeness (QED) is 0.0214. The van der Waals surface area contributed by atoms with E-state index in [4.69, 9.17) is 71.1 Å². The number of unbranched alkanes of at least 4 members (excludes halogenated alkanes) is 10. The maximum atomic E-state index is 12.6. The van der Waals surface area contributed by atoms with Gasteiger partial charge in [-0.05, 0) is 49.9 Å². The Balaban J connectivity index is 0.00000821. The monoisotopic (exact) mass is 1580 g/mol. The van der Waals surface area contributed by atoms with Crippen molar-refractivity contribution in [2.24, 2.45) is 0 Å². The minimum Gasteiger partial charge on any atom is -0.547 e. The van der Waals surface area contributed by atoms with Gasteiger partial charge in [0.05, 0.1) is 44.8 Å². The number of methoxy groups -OCH3 is 1. The summed E-state index contributed by atoms with van der Waals surface area (Å²) in [7, 11) is 1.43. The Morgan fingerprint density at radius 2 is 0.639 bits per heavy atom. The molecule has 6 aliphatic heterocycles. The molecule has 6 aliphatic rings. The zero-order valence-corrected chi connectivity index (χ0v) is 67.2. The molecule has 6 fully saturated rings. The van der Waals surface area contributed by atoms with Crippen LogP contribution in [0.4, 0.5) is 0 Å². The summed E-state index contributed by atoms with van der Waals surface area (Å²) >= 11 is 0. The van der Waals surface area contributed by atoms with Gasteiger partial charge in [0.25, 0.3) is 0 Å². The van der Waals surface area contributed by atoms with Crippen LogP contribution in [0.5, 0.6) is 11.5 Å². The van der Waals surface area contributed by atoms with Gasteiger partial charge in [-0.3, -0.25) is 14.4 Å². The zero-order valence-electron chi connectivity index (χ0n) is 61.2. The van der Waals surface area contributed by atoms with E-state index in [0.717, 1.165) is 20.8 Å². The molecule has 0 radical (unpaired) electrons. The van der Waals surface area contributed by atoms with Gasteiger partial charge in [-0.2, -0.15) is 0 Å². The number of amides is 3. The maximum absolute atomic E-state index is 12.6. The number of benzene rings is 1. The third-order valence-electron chi connectivity index (χ3n) is 18.5. The molecule has 40 nitrogen and oxygen atoms in total. The first-order valence-electron chi connectivity index (χ1n) is 34.8.